The Hall–Kier alpha value is -3.12. The zero-order valence-electron chi connectivity index (χ0n) is 15.9. The Balaban J connectivity index is 1.72. The zero-order valence-corrected chi connectivity index (χ0v) is 16.7. The molecule has 5 nitrogen and oxygen atoms in total. The van der Waals surface area contributed by atoms with Crippen molar-refractivity contribution < 1.29 is 17.9 Å². The van der Waals surface area contributed by atoms with E-state index in [-0.39, 0.29) is 17.9 Å². The van der Waals surface area contributed by atoms with Crippen LogP contribution in [0.3, 0.4) is 0 Å². The van der Waals surface area contributed by atoms with Crippen LogP contribution >= 0.6 is 0 Å². The topological polar surface area (TPSA) is 72.5 Å². The highest BCUT2D eigenvalue weighted by Crippen LogP contribution is 2.19. The van der Waals surface area contributed by atoms with Gasteiger partial charge in [0.15, 0.2) is 9.84 Å². The first kappa shape index (κ1) is 20.6. The average molecular weight is 410 g/mol. The third kappa shape index (κ3) is 5.93. The van der Waals surface area contributed by atoms with Gasteiger partial charge in [-0.3, -0.25) is 0 Å². The molecule has 3 aromatic rings. The molecule has 3 rings (SSSR count). The van der Waals surface area contributed by atoms with Crippen LogP contribution in [0.15, 0.2) is 95.9 Å². The van der Waals surface area contributed by atoms with Gasteiger partial charge in [-0.2, -0.15) is 0 Å². The maximum absolute atomic E-state index is 13.1. The molecule has 1 unspecified atom stereocenters. The van der Waals surface area contributed by atoms with Gasteiger partial charge in [0.25, 0.3) is 0 Å². The quantitative estimate of drug-likeness (QED) is 0.600. The SMILES string of the molecule is O=C(NC(CCc1ccccc1)S(=O)(=O)c1ccccc1)OCc1ccccc1. The highest BCUT2D eigenvalue weighted by atomic mass is 32.2. The molecule has 6 heteroatoms. The van der Waals surface area contributed by atoms with Gasteiger partial charge in [-0.15, -0.1) is 0 Å². The zero-order chi connectivity index (χ0) is 20.5. The van der Waals surface area contributed by atoms with Crippen LogP contribution in [0.4, 0.5) is 4.79 Å². The highest BCUT2D eigenvalue weighted by Gasteiger charge is 2.29. The van der Waals surface area contributed by atoms with Gasteiger partial charge in [0, 0.05) is 0 Å². The van der Waals surface area contributed by atoms with Crippen molar-refractivity contribution in [3.05, 3.63) is 102 Å². The van der Waals surface area contributed by atoms with Gasteiger partial charge >= 0.3 is 6.09 Å². The van der Waals surface area contributed by atoms with E-state index in [2.05, 4.69) is 5.32 Å². The number of carbonyl (C=O) groups is 1. The number of carbonyl (C=O) groups excluding carboxylic acids is 1. The third-order valence-electron chi connectivity index (χ3n) is 4.48. The Bertz CT molecular complexity index is 1010. The summed E-state index contributed by atoms with van der Waals surface area (Å²) in [5, 5.41) is 1.46. The van der Waals surface area contributed by atoms with E-state index in [0.29, 0.717) is 6.42 Å². The first-order valence-electron chi connectivity index (χ1n) is 9.36. The molecule has 29 heavy (non-hydrogen) atoms. The van der Waals surface area contributed by atoms with Crippen molar-refractivity contribution in [3.8, 4) is 0 Å². The molecule has 0 saturated heterocycles. The van der Waals surface area contributed by atoms with Crippen LogP contribution in [0.5, 0.6) is 0 Å². The largest absolute Gasteiger partial charge is 0.445 e. The molecule has 3 aromatic carbocycles. The van der Waals surface area contributed by atoms with Crippen molar-refractivity contribution >= 4 is 15.9 Å². The summed E-state index contributed by atoms with van der Waals surface area (Å²) < 4.78 is 31.4. The smallest absolute Gasteiger partial charge is 0.408 e. The minimum absolute atomic E-state index is 0.0729. The fourth-order valence-corrected chi connectivity index (χ4v) is 4.46. The lowest BCUT2D eigenvalue weighted by Crippen LogP contribution is -2.41. The number of hydrogen-bond donors (Lipinski definition) is 1. The molecule has 0 aromatic heterocycles. The van der Waals surface area contributed by atoms with Crippen molar-refractivity contribution in [1.82, 2.24) is 5.32 Å². The Labute approximate surface area is 171 Å². The van der Waals surface area contributed by atoms with Crippen molar-refractivity contribution in [2.24, 2.45) is 0 Å². The summed E-state index contributed by atoms with van der Waals surface area (Å²) in [6, 6.07) is 26.9. The number of amides is 1. The molecule has 0 heterocycles. The first-order valence-corrected chi connectivity index (χ1v) is 10.9. The molecular weight excluding hydrogens is 386 g/mol. The van der Waals surface area contributed by atoms with Gasteiger partial charge in [-0.05, 0) is 36.1 Å². The average Bonchev–Trinajstić information content (AvgIpc) is 2.77. The lowest BCUT2D eigenvalue weighted by Gasteiger charge is -2.19. The second-order valence-corrected chi connectivity index (χ2v) is 8.71. The standard InChI is InChI=1S/C23H23NO4S/c25-23(28-18-20-12-6-2-7-13-20)24-22(17-16-19-10-4-1-5-11-19)29(26,27)21-14-8-3-9-15-21/h1-15,22H,16-18H2,(H,24,25). The van der Waals surface area contributed by atoms with Crippen molar-refractivity contribution in [3.63, 3.8) is 0 Å². The molecule has 1 N–H and O–H groups in total. The van der Waals surface area contributed by atoms with E-state index >= 15 is 0 Å². The van der Waals surface area contributed by atoms with E-state index in [1.165, 1.54) is 12.1 Å². The number of rotatable bonds is 8. The summed E-state index contributed by atoms with van der Waals surface area (Å²) in [6.45, 7) is 0.0729. The summed E-state index contributed by atoms with van der Waals surface area (Å²) in [6.07, 6.45) is -0.00972. The number of hydrogen-bond acceptors (Lipinski definition) is 4. The molecule has 0 bridgehead atoms. The monoisotopic (exact) mass is 409 g/mol. The Morgan fingerprint density at radius 1 is 0.793 bits per heavy atom. The van der Waals surface area contributed by atoms with E-state index in [1.54, 1.807) is 18.2 Å². The van der Waals surface area contributed by atoms with Crippen LogP contribution in [0.1, 0.15) is 17.5 Å². The van der Waals surface area contributed by atoms with Gasteiger partial charge in [-0.1, -0.05) is 78.9 Å². The summed E-state index contributed by atoms with van der Waals surface area (Å²) in [5.41, 5.74) is 1.83. The fraction of sp³-hybridized carbons (Fsp3) is 0.174. The molecular formula is C23H23NO4S. The van der Waals surface area contributed by atoms with E-state index < -0.39 is 21.3 Å². The predicted octanol–water partition coefficient (Wildman–Crippen LogP) is 4.35. The van der Waals surface area contributed by atoms with Gasteiger partial charge < -0.3 is 10.1 Å². The number of aryl methyl sites for hydroxylation is 1. The Kier molecular flexibility index (Phi) is 7.03. The molecule has 0 radical (unpaired) electrons. The molecule has 1 atom stereocenters. The maximum Gasteiger partial charge on any atom is 0.408 e. The fourth-order valence-electron chi connectivity index (χ4n) is 2.92. The van der Waals surface area contributed by atoms with E-state index in [0.717, 1.165) is 11.1 Å². The number of ether oxygens (including phenoxy) is 1. The van der Waals surface area contributed by atoms with Gasteiger partial charge in [0.05, 0.1) is 4.90 Å². The lowest BCUT2D eigenvalue weighted by molar-refractivity contribution is 0.138. The van der Waals surface area contributed by atoms with Crippen LogP contribution < -0.4 is 5.32 Å². The molecule has 0 aliphatic rings. The minimum atomic E-state index is -3.76. The van der Waals surface area contributed by atoms with Crippen molar-refractivity contribution in [2.75, 3.05) is 0 Å². The number of nitrogens with one attached hydrogen (secondary N) is 1. The Morgan fingerprint density at radius 3 is 1.90 bits per heavy atom. The highest BCUT2D eigenvalue weighted by molar-refractivity contribution is 7.92. The number of benzene rings is 3. The van der Waals surface area contributed by atoms with Crippen molar-refractivity contribution in [2.45, 2.75) is 29.7 Å². The van der Waals surface area contributed by atoms with Crippen LogP contribution in [0.2, 0.25) is 0 Å². The van der Waals surface area contributed by atoms with Gasteiger partial charge in [0.2, 0.25) is 0 Å². The lowest BCUT2D eigenvalue weighted by atomic mass is 10.1. The predicted molar refractivity (Wildman–Crippen MR) is 112 cm³/mol. The van der Waals surface area contributed by atoms with Crippen LogP contribution in [-0.4, -0.2) is 19.9 Å². The second-order valence-electron chi connectivity index (χ2n) is 6.58. The summed E-state index contributed by atoms with van der Waals surface area (Å²) >= 11 is 0. The van der Waals surface area contributed by atoms with Crippen molar-refractivity contribution in [1.29, 1.82) is 0 Å². The molecule has 1 amide bonds. The van der Waals surface area contributed by atoms with Crippen LogP contribution in [-0.2, 0) is 27.6 Å². The molecule has 0 saturated carbocycles. The molecule has 0 spiro atoms. The Morgan fingerprint density at radius 2 is 1.31 bits per heavy atom. The third-order valence-corrected chi connectivity index (χ3v) is 6.51. The van der Waals surface area contributed by atoms with Crippen LogP contribution in [0.25, 0.3) is 0 Å². The van der Waals surface area contributed by atoms with E-state index in [4.69, 9.17) is 4.74 Å². The van der Waals surface area contributed by atoms with Gasteiger partial charge in [0.1, 0.15) is 12.0 Å². The summed E-state index contributed by atoms with van der Waals surface area (Å²) in [5.74, 6) is 0. The molecule has 0 aliphatic heterocycles. The normalized spacial score (nSPS) is 12.1. The van der Waals surface area contributed by atoms with Crippen LogP contribution in [0, 0.1) is 0 Å². The molecule has 0 fully saturated rings. The number of sulfone groups is 1. The molecule has 0 aliphatic carbocycles. The number of alkyl carbamates (subject to hydrolysis) is 1. The first-order chi connectivity index (χ1) is 14.1. The summed E-state index contributed by atoms with van der Waals surface area (Å²) in [4.78, 5) is 12.5. The van der Waals surface area contributed by atoms with E-state index in [1.807, 2.05) is 60.7 Å². The summed E-state index contributed by atoms with van der Waals surface area (Å²) in [7, 11) is -3.76. The second kappa shape index (κ2) is 9.89. The molecule has 150 valence electrons. The maximum atomic E-state index is 13.1. The van der Waals surface area contributed by atoms with Gasteiger partial charge in [-0.25, -0.2) is 13.2 Å². The minimum Gasteiger partial charge on any atom is -0.445 e. The van der Waals surface area contributed by atoms with E-state index in [9.17, 15) is 13.2 Å².